The molecule has 19 heavy (non-hydrogen) atoms. The van der Waals surface area contributed by atoms with Gasteiger partial charge in [-0.3, -0.25) is 4.90 Å². The molecule has 0 fully saturated rings. The predicted molar refractivity (Wildman–Crippen MR) is 59.9 cm³/mol. The molecule has 0 N–H and O–H groups in total. The maximum Gasteiger partial charge on any atom is 0.422 e. The van der Waals surface area contributed by atoms with E-state index < -0.39 is 18.9 Å². The number of rotatable bonds is 4. The number of nitrogens with zero attached hydrogens (tertiary/aromatic N) is 2. The minimum atomic E-state index is -4.58. The summed E-state index contributed by atoms with van der Waals surface area (Å²) < 4.78 is 39.9. The van der Waals surface area contributed by atoms with Crippen molar-refractivity contribution < 1.29 is 22.7 Å². The summed E-state index contributed by atoms with van der Waals surface area (Å²) in [5.74, 6) is 0. The number of carbonyl (C=O) groups excluding carboxylic acids is 1. The Labute approximate surface area is 108 Å². The van der Waals surface area contributed by atoms with E-state index in [2.05, 4.69) is 4.74 Å². The summed E-state index contributed by atoms with van der Waals surface area (Å²) in [6, 6.07) is 10.3. The normalized spacial score (nSPS) is 10.6. The van der Waals surface area contributed by atoms with Gasteiger partial charge in [0, 0.05) is 0 Å². The van der Waals surface area contributed by atoms with Crippen LogP contribution in [0, 0.1) is 11.3 Å². The second-order valence-corrected chi connectivity index (χ2v) is 3.67. The summed E-state index contributed by atoms with van der Waals surface area (Å²) in [5, 5.41) is 8.57. The average Bonchev–Trinajstić information content (AvgIpc) is 2.36. The highest BCUT2D eigenvalue weighted by molar-refractivity contribution is 5.68. The summed E-state index contributed by atoms with van der Waals surface area (Å²) >= 11 is 0. The van der Waals surface area contributed by atoms with Crippen LogP contribution in [0.4, 0.5) is 18.0 Å². The van der Waals surface area contributed by atoms with E-state index in [1.807, 2.05) is 0 Å². The minimum Gasteiger partial charge on any atom is -0.440 e. The van der Waals surface area contributed by atoms with Crippen LogP contribution in [-0.4, -0.2) is 30.3 Å². The number of hydrogen-bond acceptors (Lipinski definition) is 3. The molecule has 0 unspecified atom stereocenters. The van der Waals surface area contributed by atoms with Crippen molar-refractivity contribution in [2.24, 2.45) is 0 Å². The Morgan fingerprint density at radius 3 is 2.47 bits per heavy atom. The van der Waals surface area contributed by atoms with Crippen LogP contribution >= 0.6 is 0 Å². The van der Waals surface area contributed by atoms with Crippen LogP contribution in [-0.2, 0) is 11.3 Å². The fourth-order valence-corrected chi connectivity index (χ4v) is 1.31. The fourth-order valence-electron chi connectivity index (χ4n) is 1.31. The summed E-state index contributed by atoms with van der Waals surface area (Å²) in [4.78, 5) is 12.3. The number of halogens is 3. The first kappa shape index (κ1) is 14.8. The van der Waals surface area contributed by atoms with E-state index in [1.165, 1.54) is 0 Å². The first-order chi connectivity index (χ1) is 8.92. The molecule has 0 heterocycles. The van der Waals surface area contributed by atoms with E-state index in [9.17, 15) is 18.0 Å². The molecule has 4 nitrogen and oxygen atoms in total. The molecule has 1 aromatic rings. The Morgan fingerprint density at radius 2 is 1.95 bits per heavy atom. The average molecular weight is 272 g/mol. The molecule has 0 bridgehead atoms. The van der Waals surface area contributed by atoms with Crippen LogP contribution in [0.3, 0.4) is 0 Å². The Bertz CT molecular complexity index is 454. The minimum absolute atomic E-state index is 0.0189. The molecule has 0 atom stereocenters. The van der Waals surface area contributed by atoms with Crippen molar-refractivity contribution in [3.63, 3.8) is 0 Å². The number of benzene rings is 1. The van der Waals surface area contributed by atoms with E-state index in [0.29, 0.717) is 5.56 Å². The van der Waals surface area contributed by atoms with Crippen molar-refractivity contribution >= 4 is 6.09 Å². The van der Waals surface area contributed by atoms with Gasteiger partial charge in [0.1, 0.15) is 6.54 Å². The van der Waals surface area contributed by atoms with Crippen LogP contribution in [0.25, 0.3) is 0 Å². The Hall–Kier alpha value is -2.23. The zero-order valence-corrected chi connectivity index (χ0v) is 9.85. The molecule has 1 rings (SSSR count). The van der Waals surface area contributed by atoms with Crippen molar-refractivity contribution in [1.82, 2.24) is 4.90 Å². The van der Waals surface area contributed by atoms with Crippen LogP contribution < -0.4 is 0 Å². The van der Waals surface area contributed by atoms with E-state index in [0.717, 1.165) is 4.90 Å². The van der Waals surface area contributed by atoms with E-state index >= 15 is 0 Å². The van der Waals surface area contributed by atoms with Crippen LogP contribution in [0.1, 0.15) is 5.56 Å². The number of hydrogen-bond donors (Lipinski definition) is 0. The van der Waals surface area contributed by atoms with Gasteiger partial charge in [0.2, 0.25) is 0 Å². The molecule has 7 heteroatoms. The lowest BCUT2D eigenvalue weighted by molar-refractivity contribution is -0.162. The van der Waals surface area contributed by atoms with Gasteiger partial charge < -0.3 is 4.74 Å². The van der Waals surface area contributed by atoms with Crippen molar-refractivity contribution in [3.8, 4) is 6.07 Å². The van der Waals surface area contributed by atoms with E-state index in [1.54, 1.807) is 36.4 Å². The largest absolute Gasteiger partial charge is 0.440 e. The van der Waals surface area contributed by atoms with Gasteiger partial charge in [0.25, 0.3) is 0 Å². The lowest BCUT2D eigenvalue weighted by atomic mass is 10.2. The zero-order valence-electron chi connectivity index (χ0n) is 9.85. The molecule has 0 saturated carbocycles. The second kappa shape index (κ2) is 6.64. The number of carbonyl (C=O) groups is 1. The highest BCUT2D eigenvalue weighted by atomic mass is 19.4. The molecule has 0 aliphatic carbocycles. The van der Waals surface area contributed by atoms with Gasteiger partial charge in [-0.15, -0.1) is 0 Å². The summed E-state index contributed by atoms with van der Waals surface area (Å²) in [6.07, 6.45) is -5.75. The first-order valence-electron chi connectivity index (χ1n) is 5.31. The smallest absolute Gasteiger partial charge is 0.422 e. The SMILES string of the molecule is N#CCN(Cc1ccccc1)C(=O)OCC(F)(F)F. The van der Waals surface area contributed by atoms with Gasteiger partial charge in [-0.1, -0.05) is 30.3 Å². The molecule has 0 radical (unpaired) electrons. The maximum atomic E-state index is 11.9. The van der Waals surface area contributed by atoms with Crippen molar-refractivity contribution in [2.45, 2.75) is 12.7 Å². The van der Waals surface area contributed by atoms with Gasteiger partial charge in [-0.05, 0) is 5.56 Å². The quantitative estimate of drug-likeness (QED) is 0.792. The third kappa shape index (κ3) is 5.77. The molecule has 0 spiro atoms. The molecule has 1 amide bonds. The van der Waals surface area contributed by atoms with Gasteiger partial charge in [-0.2, -0.15) is 18.4 Å². The third-order valence-electron chi connectivity index (χ3n) is 2.10. The topological polar surface area (TPSA) is 53.3 Å². The molecular weight excluding hydrogens is 261 g/mol. The molecule has 0 aromatic heterocycles. The summed E-state index contributed by atoms with van der Waals surface area (Å²) in [6.45, 7) is -1.99. The second-order valence-electron chi connectivity index (χ2n) is 3.67. The molecule has 102 valence electrons. The van der Waals surface area contributed by atoms with Gasteiger partial charge in [0.15, 0.2) is 6.61 Å². The highest BCUT2D eigenvalue weighted by Crippen LogP contribution is 2.15. The molecule has 1 aromatic carbocycles. The molecule has 0 aliphatic heterocycles. The number of nitriles is 1. The lowest BCUT2D eigenvalue weighted by Gasteiger charge is -2.19. The van der Waals surface area contributed by atoms with Crippen LogP contribution in [0.5, 0.6) is 0 Å². The molecular formula is C12H11F3N2O2. The fraction of sp³-hybridized carbons (Fsp3) is 0.333. The van der Waals surface area contributed by atoms with Crippen LogP contribution in [0.2, 0.25) is 0 Å². The van der Waals surface area contributed by atoms with Crippen molar-refractivity contribution in [3.05, 3.63) is 35.9 Å². The van der Waals surface area contributed by atoms with E-state index in [-0.39, 0.29) is 13.1 Å². The Balaban J connectivity index is 2.62. The maximum absolute atomic E-state index is 11.9. The standard InChI is InChI=1S/C12H11F3N2O2/c13-12(14,15)9-19-11(18)17(7-6-16)8-10-4-2-1-3-5-10/h1-5H,7-9H2. The Kier molecular flexibility index (Phi) is 5.18. The van der Waals surface area contributed by atoms with Crippen molar-refractivity contribution in [2.75, 3.05) is 13.2 Å². The van der Waals surface area contributed by atoms with Gasteiger partial charge in [0.05, 0.1) is 12.6 Å². The Morgan fingerprint density at radius 1 is 1.32 bits per heavy atom. The lowest BCUT2D eigenvalue weighted by Crippen LogP contribution is -2.34. The van der Waals surface area contributed by atoms with Gasteiger partial charge in [-0.25, -0.2) is 4.79 Å². The van der Waals surface area contributed by atoms with Gasteiger partial charge >= 0.3 is 12.3 Å². The highest BCUT2D eigenvalue weighted by Gasteiger charge is 2.30. The molecule has 0 aliphatic rings. The third-order valence-corrected chi connectivity index (χ3v) is 2.10. The summed E-state index contributed by atoms with van der Waals surface area (Å²) in [7, 11) is 0. The van der Waals surface area contributed by atoms with E-state index in [4.69, 9.17) is 5.26 Å². The predicted octanol–water partition coefficient (Wildman–Crippen LogP) is 2.71. The monoisotopic (exact) mass is 272 g/mol. The van der Waals surface area contributed by atoms with Crippen molar-refractivity contribution in [1.29, 1.82) is 5.26 Å². The number of alkyl halides is 3. The zero-order chi connectivity index (χ0) is 14.3. The number of amides is 1. The number of ether oxygens (including phenoxy) is 1. The molecule has 0 saturated heterocycles. The summed E-state index contributed by atoms with van der Waals surface area (Å²) in [5.41, 5.74) is 0.696. The van der Waals surface area contributed by atoms with Crippen LogP contribution in [0.15, 0.2) is 30.3 Å². The first-order valence-corrected chi connectivity index (χ1v) is 5.31.